The van der Waals surface area contributed by atoms with Crippen molar-refractivity contribution in [3.05, 3.63) is 16.1 Å². The van der Waals surface area contributed by atoms with E-state index in [4.69, 9.17) is 0 Å². The van der Waals surface area contributed by atoms with Crippen LogP contribution < -0.4 is 10.6 Å². The highest BCUT2D eigenvalue weighted by atomic mass is 32.1. The number of hydrogen-bond donors (Lipinski definition) is 3. The Morgan fingerprint density at radius 1 is 1.55 bits per heavy atom. The van der Waals surface area contributed by atoms with Crippen LogP contribution in [0, 0.1) is 12.8 Å². The zero-order chi connectivity index (χ0) is 15.3. The van der Waals surface area contributed by atoms with Gasteiger partial charge in [-0.05, 0) is 26.2 Å². The normalized spacial score (nSPS) is 15.8. The van der Waals surface area contributed by atoms with Crippen LogP contribution in [-0.4, -0.2) is 28.3 Å². The number of amides is 2. The lowest BCUT2D eigenvalue weighted by Crippen LogP contribution is -2.48. The lowest BCUT2D eigenvalue weighted by molar-refractivity contribution is 0.0165. The molecule has 0 spiro atoms. The summed E-state index contributed by atoms with van der Waals surface area (Å²) < 4.78 is 0. The lowest BCUT2D eigenvalue weighted by atomic mass is 9.93. The molecule has 0 aliphatic carbocycles. The molecule has 0 bridgehead atoms. The fourth-order valence-corrected chi connectivity index (χ4v) is 2.47. The van der Waals surface area contributed by atoms with Gasteiger partial charge in [0.25, 0.3) is 0 Å². The second-order valence-electron chi connectivity index (χ2n) is 5.63. The van der Waals surface area contributed by atoms with E-state index in [1.54, 1.807) is 18.3 Å². The Morgan fingerprint density at radius 2 is 2.20 bits per heavy atom. The van der Waals surface area contributed by atoms with Crippen molar-refractivity contribution in [2.45, 2.75) is 52.7 Å². The number of aryl methyl sites for hydroxylation is 1. The molecule has 1 aromatic heterocycles. The molecule has 0 aromatic carbocycles. The number of rotatable bonds is 6. The van der Waals surface area contributed by atoms with E-state index in [0.717, 1.165) is 17.1 Å². The number of hydrogen-bond acceptors (Lipinski definition) is 4. The molecule has 0 fully saturated rings. The second kappa shape index (κ2) is 7.04. The molecule has 0 aliphatic heterocycles. The van der Waals surface area contributed by atoms with Crippen molar-refractivity contribution >= 4 is 17.4 Å². The average molecular weight is 299 g/mol. The lowest BCUT2D eigenvalue weighted by Gasteiger charge is -2.28. The van der Waals surface area contributed by atoms with E-state index in [9.17, 15) is 9.90 Å². The van der Waals surface area contributed by atoms with Crippen LogP contribution >= 0.6 is 11.3 Å². The molecule has 3 N–H and O–H groups in total. The van der Waals surface area contributed by atoms with Gasteiger partial charge in [0, 0.05) is 17.6 Å². The first-order valence-corrected chi connectivity index (χ1v) is 7.83. The van der Waals surface area contributed by atoms with E-state index in [2.05, 4.69) is 15.6 Å². The summed E-state index contributed by atoms with van der Waals surface area (Å²) in [6.45, 7) is 9.74. The molecule has 5 nitrogen and oxygen atoms in total. The smallest absolute Gasteiger partial charge is 0.315 e. The van der Waals surface area contributed by atoms with Gasteiger partial charge in [-0.25, -0.2) is 9.78 Å². The van der Waals surface area contributed by atoms with Crippen LogP contribution in [0.5, 0.6) is 0 Å². The van der Waals surface area contributed by atoms with Crippen LogP contribution in [0.2, 0.25) is 0 Å². The van der Waals surface area contributed by atoms with Crippen LogP contribution in [0.15, 0.2) is 5.38 Å². The number of aromatic nitrogens is 1. The zero-order valence-electron chi connectivity index (χ0n) is 12.9. The predicted octanol–water partition coefficient (Wildman–Crippen LogP) is 2.61. The predicted molar refractivity (Wildman–Crippen MR) is 81.9 cm³/mol. The highest BCUT2D eigenvalue weighted by molar-refractivity contribution is 7.09. The van der Waals surface area contributed by atoms with E-state index in [-0.39, 0.29) is 24.5 Å². The van der Waals surface area contributed by atoms with Gasteiger partial charge in [-0.15, -0.1) is 11.3 Å². The second-order valence-corrected chi connectivity index (χ2v) is 6.52. The van der Waals surface area contributed by atoms with Gasteiger partial charge in [-0.2, -0.15) is 0 Å². The minimum absolute atomic E-state index is 0.0754. The summed E-state index contributed by atoms with van der Waals surface area (Å²) in [5.74, 6) is 0.0754. The van der Waals surface area contributed by atoms with E-state index in [1.165, 1.54) is 0 Å². The Hall–Kier alpha value is -1.14. The molecule has 2 unspecified atom stereocenters. The topological polar surface area (TPSA) is 74.2 Å². The minimum Gasteiger partial charge on any atom is -0.388 e. The number of aliphatic hydroxyl groups is 1. The Morgan fingerprint density at radius 3 is 2.65 bits per heavy atom. The summed E-state index contributed by atoms with van der Waals surface area (Å²) in [7, 11) is 0. The number of thiazole rings is 1. The van der Waals surface area contributed by atoms with Crippen LogP contribution in [0.25, 0.3) is 0 Å². The highest BCUT2D eigenvalue weighted by Crippen LogP contribution is 2.20. The maximum Gasteiger partial charge on any atom is 0.315 e. The Kier molecular flexibility index (Phi) is 5.95. The largest absolute Gasteiger partial charge is 0.388 e. The van der Waals surface area contributed by atoms with Crippen molar-refractivity contribution in [1.29, 1.82) is 0 Å². The van der Waals surface area contributed by atoms with Gasteiger partial charge in [-0.1, -0.05) is 20.8 Å². The third-order valence-electron chi connectivity index (χ3n) is 3.50. The number of nitrogens with one attached hydrogen (secondary N) is 2. The van der Waals surface area contributed by atoms with Crippen LogP contribution in [0.1, 0.15) is 50.9 Å². The monoisotopic (exact) mass is 299 g/mol. The minimum atomic E-state index is -0.906. The first-order chi connectivity index (χ1) is 9.26. The summed E-state index contributed by atoms with van der Waals surface area (Å²) in [5.41, 5.74) is 0.0602. The fraction of sp³-hybridized carbons (Fsp3) is 0.714. The Labute approximate surface area is 124 Å². The molecule has 1 heterocycles. The van der Waals surface area contributed by atoms with E-state index >= 15 is 0 Å². The maximum atomic E-state index is 11.9. The molecule has 1 rings (SSSR count). The summed E-state index contributed by atoms with van der Waals surface area (Å²) in [6.07, 6.45) is 0.779. The summed E-state index contributed by atoms with van der Waals surface area (Å²) in [4.78, 5) is 16.3. The van der Waals surface area contributed by atoms with Crippen molar-refractivity contribution in [3.8, 4) is 0 Å². The SMILES string of the molecule is CCC(NC(=O)NCC(C)(O)C(C)C)c1nc(C)cs1. The van der Waals surface area contributed by atoms with Crippen LogP contribution in [0.4, 0.5) is 4.79 Å². The first kappa shape index (κ1) is 16.9. The summed E-state index contributed by atoms with van der Waals surface area (Å²) in [5, 5.41) is 18.6. The Bertz CT molecular complexity index is 443. The molecule has 0 radical (unpaired) electrons. The van der Waals surface area contributed by atoms with Gasteiger partial charge in [-0.3, -0.25) is 0 Å². The number of nitrogens with zero attached hydrogens (tertiary/aromatic N) is 1. The summed E-state index contributed by atoms with van der Waals surface area (Å²) in [6, 6.07) is -0.358. The fourth-order valence-electron chi connectivity index (χ4n) is 1.54. The van der Waals surface area contributed by atoms with E-state index in [1.807, 2.05) is 33.1 Å². The zero-order valence-corrected chi connectivity index (χ0v) is 13.7. The maximum absolute atomic E-state index is 11.9. The molecule has 6 heteroatoms. The van der Waals surface area contributed by atoms with Crippen molar-refractivity contribution in [2.24, 2.45) is 5.92 Å². The van der Waals surface area contributed by atoms with E-state index < -0.39 is 5.60 Å². The molecular weight excluding hydrogens is 274 g/mol. The van der Waals surface area contributed by atoms with E-state index in [0.29, 0.717) is 0 Å². The van der Waals surface area contributed by atoms with Gasteiger partial charge in [0.15, 0.2) is 0 Å². The quantitative estimate of drug-likeness (QED) is 0.756. The molecule has 114 valence electrons. The van der Waals surface area contributed by atoms with Gasteiger partial charge in [0.1, 0.15) is 5.01 Å². The molecular formula is C14H25N3O2S. The molecule has 0 aliphatic rings. The van der Waals surface area contributed by atoms with Crippen LogP contribution in [-0.2, 0) is 0 Å². The van der Waals surface area contributed by atoms with Crippen LogP contribution in [0.3, 0.4) is 0 Å². The molecule has 0 saturated carbocycles. The number of urea groups is 1. The standard InChI is InChI=1S/C14H25N3O2S/c1-6-11(12-16-10(4)7-20-12)17-13(18)15-8-14(5,19)9(2)3/h7,9,11,19H,6,8H2,1-5H3,(H2,15,17,18). The number of carbonyl (C=O) groups excluding carboxylic acids is 1. The Balaban J connectivity index is 2.52. The molecule has 2 atom stereocenters. The van der Waals surface area contributed by atoms with Gasteiger partial charge >= 0.3 is 6.03 Å². The molecule has 1 aromatic rings. The van der Waals surface area contributed by atoms with Crippen molar-refractivity contribution in [3.63, 3.8) is 0 Å². The molecule has 0 saturated heterocycles. The van der Waals surface area contributed by atoms with Gasteiger partial charge < -0.3 is 15.7 Å². The highest BCUT2D eigenvalue weighted by Gasteiger charge is 2.26. The average Bonchev–Trinajstić information content (AvgIpc) is 2.80. The van der Waals surface area contributed by atoms with Crippen molar-refractivity contribution in [1.82, 2.24) is 15.6 Å². The first-order valence-electron chi connectivity index (χ1n) is 6.95. The summed E-state index contributed by atoms with van der Waals surface area (Å²) >= 11 is 1.55. The third-order valence-corrected chi connectivity index (χ3v) is 4.58. The molecule has 2 amide bonds. The van der Waals surface area contributed by atoms with Crippen molar-refractivity contribution < 1.29 is 9.90 Å². The number of carbonyl (C=O) groups is 1. The molecule has 20 heavy (non-hydrogen) atoms. The van der Waals surface area contributed by atoms with Crippen molar-refractivity contribution in [2.75, 3.05) is 6.54 Å². The third kappa shape index (κ3) is 4.76. The van der Waals surface area contributed by atoms with Gasteiger partial charge in [0.05, 0.1) is 11.6 Å². The van der Waals surface area contributed by atoms with Gasteiger partial charge in [0.2, 0.25) is 0 Å².